The molecule has 0 saturated carbocycles. The Morgan fingerprint density at radius 3 is 1.33 bits per heavy atom. The minimum Gasteiger partial charge on any atom is -0.465 e. The molecule has 4 heteroatoms. The monoisotopic (exact) mass is 258 g/mol. The highest BCUT2D eigenvalue weighted by Crippen LogP contribution is 2.17. The lowest BCUT2D eigenvalue weighted by atomic mass is 9.97. The number of carbonyl (C=O) groups excluding carboxylic acids is 2. The van der Waals surface area contributed by atoms with Gasteiger partial charge in [0.1, 0.15) is 0 Å². The summed E-state index contributed by atoms with van der Waals surface area (Å²) in [4.78, 5) is 23.1. The Balaban J connectivity index is 3.97. The standard InChI is InChI=1S/C14H26O4/c1-10(8-17-11(15)13(2,3)4)9-18-12(16)14(5,6)7/h10H,8-9H2,1-7H3. The highest BCUT2D eigenvalue weighted by Gasteiger charge is 2.25. The second-order valence-electron chi connectivity index (χ2n) is 6.80. The molecule has 106 valence electrons. The molecule has 0 spiro atoms. The van der Waals surface area contributed by atoms with Gasteiger partial charge < -0.3 is 9.47 Å². The Bertz CT molecular complexity index is 264. The molecule has 0 N–H and O–H groups in total. The Kier molecular flexibility index (Phi) is 5.84. The second kappa shape index (κ2) is 6.21. The van der Waals surface area contributed by atoms with Crippen molar-refractivity contribution >= 4 is 11.9 Å². The van der Waals surface area contributed by atoms with Gasteiger partial charge in [0.25, 0.3) is 0 Å². The summed E-state index contributed by atoms with van der Waals surface area (Å²) < 4.78 is 10.3. The first kappa shape index (κ1) is 16.9. The third kappa shape index (κ3) is 6.62. The van der Waals surface area contributed by atoms with E-state index in [0.29, 0.717) is 0 Å². The van der Waals surface area contributed by atoms with Gasteiger partial charge in [-0.3, -0.25) is 9.59 Å². The highest BCUT2D eigenvalue weighted by molar-refractivity contribution is 5.75. The lowest BCUT2D eigenvalue weighted by Crippen LogP contribution is -2.28. The van der Waals surface area contributed by atoms with E-state index in [-0.39, 0.29) is 31.1 Å². The predicted molar refractivity (Wildman–Crippen MR) is 70.0 cm³/mol. The van der Waals surface area contributed by atoms with Crippen molar-refractivity contribution in [2.45, 2.75) is 48.5 Å². The summed E-state index contributed by atoms with van der Waals surface area (Å²) >= 11 is 0. The largest absolute Gasteiger partial charge is 0.465 e. The molecule has 18 heavy (non-hydrogen) atoms. The number of ether oxygens (including phenoxy) is 2. The molecule has 0 heterocycles. The van der Waals surface area contributed by atoms with E-state index in [9.17, 15) is 9.59 Å². The maximum atomic E-state index is 11.5. The third-order valence-corrected chi connectivity index (χ3v) is 2.22. The van der Waals surface area contributed by atoms with Gasteiger partial charge in [-0.1, -0.05) is 6.92 Å². The Labute approximate surface area is 110 Å². The normalized spacial score (nSPS) is 12.4. The number of hydrogen-bond acceptors (Lipinski definition) is 4. The average Bonchev–Trinajstić information content (AvgIpc) is 2.19. The maximum Gasteiger partial charge on any atom is 0.311 e. The number of rotatable bonds is 4. The Morgan fingerprint density at radius 2 is 1.11 bits per heavy atom. The van der Waals surface area contributed by atoms with Crippen molar-refractivity contribution in [3.63, 3.8) is 0 Å². The molecule has 0 unspecified atom stereocenters. The van der Waals surface area contributed by atoms with Gasteiger partial charge in [-0.25, -0.2) is 0 Å². The van der Waals surface area contributed by atoms with Crippen molar-refractivity contribution in [1.82, 2.24) is 0 Å². The van der Waals surface area contributed by atoms with Crippen LogP contribution in [0.25, 0.3) is 0 Å². The van der Waals surface area contributed by atoms with Crippen molar-refractivity contribution in [2.24, 2.45) is 16.7 Å². The zero-order valence-corrected chi connectivity index (χ0v) is 12.6. The van der Waals surface area contributed by atoms with Crippen LogP contribution in [-0.4, -0.2) is 25.2 Å². The Morgan fingerprint density at radius 1 is 0.833 bits per heavy atom. The van der Waals surface area contributed by atoms with Crippen LogP contribution in [0.15, 0.2) is 0 Å². The molecule has 0 bridgehead atoms. The fourth-order valence-corrected chi connectivity index (χ4v) is 0.917. The lowest BCUT2D eigenvalue weighted by Gasteiger charge is -2.21. The van der Waals surface area contributed by atoms with Crippen molar-refractivity contribution < 1.29 is 19.1 Å². The maximum absolute atomic E-state index is 11.5. The summed E-state index contributed by atoms with van der Waals surface area (Å²) in [6, 6.07) is 0. The zero-order chi connectivity index (χ0) is 14.6. The van der Waals surface area contributed by atoms with Crippen LogP contribution in [0.3, 0.4) is 0 Å². The molecule has 0 fully saturated rings. The molecule has 4 nitrogen and oxygen atoms in total. The van der Waals surface area contributed by atoms with Crippen molar-refractivity contribution in [3.05, 3.63) is 0 Å². The van der Waals surface area contributed by atoms with E-state index in [1.165, 1.54) is 0 Å². The zero-order valence-electron chi connectivity index (χ0n) is 12.6. The van der Waals surface area contributed by atoms with Crippen LogP contribution in [-0.2, 0) is 19.1 Å². The first-order valence-electron chi connectivity index (χ1n) is 6.29. The molecule has 0 aliphatic carbocycles. The summed E-state index contributed by atoms with van der Waals surface area (Å²) in [6.07, 6.45) is 0. The van der Waals surface area contributed by atoms with E-state index in [0.717, 1.165) is 0 Å². The van der Waals surface area contributed by atoms with Gasteiger partial charge in [-0.2, -0.15) is 0 Å². The fraction of sp³-hybridized carbons (Fsp3) is 0.857. The van der Waals surface area contributed by atoms with Crippen LogP contribution >= 0.6 is 0 Å². The van der Waals surface area contributed by atoms with Crippen LogP contribution in [0.1, 0.15) is 48.5 Å². The number of hydrogen-bond donors (Lipinski definition) is 0. The summed E-state index contributed by atoms with van der Waals surface area (Å²) in [6.45, 7) is 13.3. The molecule has 0 rings (SSSR count). The summed E-state index contributed by atoms with van der Waals surface area (Å²) in [5.41, 5.74) is -0.996. The molecule has 0 aromatic rings. The first-order valence-corrected chi connectivity index (χ1v) is 6.29. The van der Waals surface area contributed by atoms with Gasteiger partial charge in [-0.05, 0) is 41.5 Å². The number of carbonyl (C=O) groups is 2. The van der Waals surface area contributed by atoms with E-state index < -0.39 is 10.8 Å². The molecular formula is C14H26O4. The summed E-state index contributed by atoms with van der Waals surface area (Å²) in [5, 5.41) is 0. The third-order valence-electron chi connectivity index (χ3n) is 2.22. The van der Waals surface area contributed by atoms with Crippen molar-refractivity contribution in [1.29, 1.82) is 0 Å². The van der Waals surface area contributed by atoms with Crippen molar-refractivity contribution in [2.75, 3.05) is 13.2 Å². The van der Waals surface area contributed by atoms with Gasteiger partial charge >= 0.3 is 11.9 Å². The second-order valence-corrected chi connectivity index (χ2v) is 6.80. The molecule has 0 atom stereocenters. The Hall–Kier alpha value is -1.06. The van der Waals surface area contributed by atoms with Gasteiger partial charge in [0, 0.05) is 5.92 Å². The van der Waals surface area contributed by atoms with Crippen LogP contribution in [0.2, 0.25) is 0 Å². The van der Waals surface area contributed by atoms with Crippen LogP contribution in [0.5, 0.6) is 0 Å². The van der Waals surface area contributed by atoms with Crippen molar-refractivity contribution in [3.8, 4) is 0 Å². The topological polar surface area (TPSA) is 52.6 Å². The molecule has 0 amide bonds. The quantitative estimate of drug-likeness (QED) is 0.728. The van der Waals surface area contributed by atoms with E-state index in [2.05, 4.69) is 0 Å². The van der Waals surface area contributed by atoms with Crippen LogP contribution in [0.4, 0.5) is 0 Å². The molecule has 0 aliphatic rings. The highest BCUT2D eigenvalue weighted by atomic mass is 16.5. The fourth-order valence-electron chi connectivity index (χ4n) is 0.917. The van der Waals surface area contributed by atoms with Gasteiger partial charge in [-0.15, -0.1) is 0 Å². The van der Waals surface area contributed by atoms with Gasteiger partial charge in [0.2, 0.25) is 0 Å². The minimum atomic E-state index is -0.498. The van der Waals surface area contributed by atoms with Crippen LogP contribution < -0.4 is 0 Å². The SMILES string of the molecule is CC(COC(=O)C(C)(C)C)COC(=O)C(C)(C)C. The van der Waals surface area contributed by atoms with E-state index >= 15 is 0 Å². The number of esters is 2. The summed E-state index contributed by atoms with van der Waals surface area (Å²) in [5.74, 6) is -0.476. The molecule has 0 saturated heterocycles. The molecular weight excluding hydrogens is 232 g/mol. The molecule has 0 aliphatic heterocycles. The predicted octanol–water partition coefficient (Wildman–Crippen LogP) is 2.80. The van der Waals surface area contributed by atoms with Crippen LogP contribution in [0, 0.1) is 16.7 Å². The first-order chi connectivity index (χ1) is 7.94. The molecule has 0 aromatic carbocycles. The summed E-state index contributed by atoms with van der Waals surface area (Å²) in [7, 11) is 0. The van der Waals surface area contributed by atoms with E-state index in [4.69, 9.17) is 9.47 Å². The molecule has 0 aromatic heterocycles. The molecule has 0 radical (unpaired) electrons. The van der Waals surface area contributed by atoms with Gasteiger partial charge in [0.05, 0.1) is 24.0 Å². The van der Waals surface area contributed by atoms with E-state index in [1.54, 1.807) is 41.5 Å². The van der Waals surface area contributed by atoms with E-state index in [1.807, 2.05) is 6.92 Å². The average molecular weight is 258 g/mol. The lowest BCUT2D eigenvalue weighted by molar-refractivity contribution is -0.158. The van der Waals surface area contributed by atoms with Gasteiger partial charge in [0.15, 0.2) is 0 Å². The smallest absolute Gasteiger partial charge is 0.311 e. The minimum absolute atomic E-state index is 0.00241.